The van der Waals surface area contributed by atoms with E-state index in [0.29, 0.717) is 0 Å². The molecular weight excluding hydrogens is 697 g/mol. The largest absolute Gasteiger partial charge is 0.0616 e. The molecule has 0 spiro atoms. The predicted molar refractivity (Wildman–Crippen MR) is 257 cm³/mol. The highest BCUT2D eigenvalue weighted by Gasteiger charge is 2.27. The van der Waals surface area contributed by atoms with Crippen molar-refractivity contribution in [1.29, 1.82) is 0 Å². The van der Waals surface area contributed by atoms with Crippen LogP contribution in [0.2, 0.25) is 0 Å². The summed E-state index contributed by atoms with van der Waals surface area (Å²) < 4.78 is 0. The summed E-state index contributed by atoms with van der Waals surface area (Å²) in [7, 11) is 0. The molecule has 9 rings (SSSR count). The summed E-state index contributed by atoms with van der Waals surface area (Å²) in [5.41, 5.74) is 10.6. The fourth-order valence-corrected chi connectivity index (χ4v) is 9.29. The van der Waals surface area contributed by atoms with Gasteiger partial charge in [0.1, 0.15) is 0 Å². The second-order valence-electron chi connectivity index (χ2n) is 21.1. The van der Waals surface area contributed by atoms with Gasteiger partial charge >= 0.3 is 0 Å². The van der Waals surface area contributed by atoms with Gasteiger partial charge in [-0.25, -0.2) is 0 Å². The van der Waals surface area contributed by atoms with Crippen LogP contribution in [0, 0.1) is 0 Å². The number of benzene rings is 9. The molecule has 0 saturated carbocycles. The number of fused-ring (bicyclic) bond motifs is 10. The predicted octanol–water partition coefficient (Wildman–Crippen LogP) is 17.1. The molecule has 9 aromatic carbocycles. The van der Waals surface area contributed by atoms with E-state index in [2.05, 4.69) is 217 Å². The van der Waals surface area contributed by atoms with E-state index in [4.69, 9.17) is 0 Å². The third kappa shape index (κ3) is 6.28. The van der Waals surface area contributed by atoms with Crippen molar-refractivity contribution < 1.29 is 0 Å². The minimum absolute atomic E-state index is 0.0127. The zero-order valence-corrected chi connectivity index (χ0v) is 36.7. The van der Waals surface area contributed by atoms with Crippen LogP contribution in [-0.4, -0.2) is 0 Å². The molecule has 0 aromatic heterocycles. The molecular formula is C58H58. The molecule has 0 radical (unpaired) electrons. The first-order valence-corrected chi connectivity index (χ1v) is 21.3. The van der Waals surface area contributed by atoms with Gasteiger partial charge in [0, 0.05) is 0 Å². The van der Waals surface area contributed by atoms with E-state index >= 15 is 0 Å². The Hall–Kier alpha value is -5.46. The van der Waals surface area contributed by atoms with Crippen molar-refractivity contribution in [2.75, 3.05) is 0 Å². The van der Waals surface area contributed by atoms with E-state index in [0.717, 1.165) is 0 Å². The lowest BCUT2D eigenvalue weighted by Crippen LogP contribution is -2.16. The summed E-state index contributed by atoms with van der Waals surface area (Å²) in [6.45, 7) is 28.2. The van der Waals surface area contributed by atoms with E-state index in [-0.39, 0.29) is 21.7 Å². The minimum atomic E-state index is -0.0148. The highest BCUT2D eigenvalue weighted by Crippen LogP contribution is 2.50. The van der Waals surface area contributed by atoms with E-state index < -0.39 is 0 Å². The Morgan fingerprint density at radius 3 is 1.05 bits per heavy atom. The van der Waals surface area contributed by atoms with E-state index in [9.17, 15) is 0 Å². The SMILES string of the molecule is CC(C)(C)c1cc(-c2c3ccccc3c(-c3cc(C(C)(C)C)cc(C(C)(C)C)c3)c3cc4c(cc23)c2ccccc2c2ccc3ccccc3c24)cc(C(C)(C)C)c1. The summed E-state index contributed by atoms with van der Waals surface area (Å²) in [5.74, 6) is 0. The van der Waals surface area contributed by atoms with Gasteiger partial charge < -0.3 is 0 Å². The quantitative estimate of drug-likeness (QED) is 0.122. The molecule has 0 bridgehead atoms. The van der Waals surface area contributed by atoms with Crippen LogP contribution < -0.4 is 0 Å². The first-order chi connectivity index (χ1) is 27.3. The van der Waals surface area contributed by atoms with Crippen LogP contribution in [0.3, 0.4) is 0 Å². The van der Waals surface area contributed by atoms with Crippen LogP contribution in [-0.2, 0) is 21.7 Å². The molecule has 58 heavy (non-hydrogen) atoms. The summed E-state index contributed by atoms with van der Waals surface area (Å²) >= 11 is 0. The molecule has 0 aliphatic heterocycles. The summed E-state index contributed by atoms with van der Waals surface area (Å²) in [5, 5.41) is 15.6. The lowest BCUT2D eigenvalue weighted by Gasteiger charge is -2.28. The topological polar surface area (TPSA) is 0 Å². The Morgan fingerprint density at radius 1 is 0.259 bits per heavy atom. The molecule has 9 aromatic rings. The van der Waals surface area contributed by atoms with Crippen LogP contribution in [0.25, 0.3) is 86.9 Å². The molecule has 0 N–H and O–H groups in total. The van der Waals surface area contributed by atoms with Gasteiger partial charge in [-0.1, -0.05) is 204 Å². The second kappa shape index (κ2) is 13.0. The van der Waals surface area contributed by atoms with E-state index in [1.165, 1.54) is 109 Å². The Kier molecular flexibility index (Phi) is 8.55. The standard InChI is InChI=1S/C58H58/c1-55(2,3)38-27-36(28-39(31-38)56(4,5)6)52-45-23-17-18-24-46(45)53(37-29-40(57(7,8)9)32-41(30-37)58(10,11)12)51-34-49-48(33-50(51)52)44-22-16-15-21-43(44)47-26-25-35-19-13-14-20-42(35)54(47)49/h13-34H,1-12H3. The second-order valence-corrected chi connectivity index (χ2v) is 21.1. The minimum Gasteiger partial charge on any atom is -0.0616 e. The summed E-state index contributed by atoms with van der Waals surface area (Å²) in [6, 6.07) is 51.9. The molecule has 0 amide bonds. The van der Waals surface area contributed by atoms with Crippen LogP contribution in [0.15, 0.2) is 133 Å². The van der Waals surface area contributed by atoms with Gasteiger partial charge in [0.05, 0.1) is 0 Å². The molecule has 0 heteroatoms. The first-order valence-electron chi connectivity index (χ1n) is 21.3. The third-order valence-corrected chi connectivity index (χ3v) is 12.8. The molecule has 0 aliphatic rings. The molecule has 0 heterocycles. The zero-order chi connectivity index (χ0) is 41.1. The fourth-order valence-electron chi connectivity index (χ4n) is 9.29. The molecule has 0 saturated heterocycles. The van der Waals surface area contributed by atoms with Crippen molar-refractivity contribution in [2.45, 2.75) is 105 Å². The maximum atomic E-state index is 2.58. The smallest absolute Gasteiger partial charge is 0.00201 e. The van der Waals surface area contributed by atoms with Gasteiger partial charge in [-0.15, -0.1) is 0 Å². The van der Waals surface area contributed by atoms with Crippen molar-refractivity contribution >= 4 is 64.6 Å². The molecule has 0 unspecified atom stereocenters. The first kappa shape index (κ1) is 38.1. The summed E-state index contributed by atoms with van der Waals surface area (Å²) in [4.78, 5) is 0. The highest BCUT2D eigenvalue weighted by molar-refractivity contribution is 6.35. The van der Waals surface area contributed by atoms with Gasteiger partial charge in [0.25, 0.3) is 0 Å². The van der Waals surface area contributed by atoms with Crippen molar-refractivity contribution in [2.24, 2.45) is 0 Å². The van der Waals surface area contributed by atoms with Crippen molar-refractivity contribution in [1.82, 2.24) is 0 Å². The Labute approximate surface area is 345 Å². The molecule has 290 valence electrons. The van der Waals surface area contributed by atoms with Crippen LogP contribution in [0.4, 0.5) is 0 Å². The molecule has 0 atom stereocenters. The lowest BCUT2D eigenvalue weighted by atomic mass is 9.76. The average Bonchev–Trinajstić information content (AvgIpc) is 3.17. The van der Waals surface area contributed by atoms with Gasteiger partial charge in [-0.2, -0.15) is 0 Å². The highest BCUT2D eigenvalue weighted by atomic mass is 14.3. The van der Waals surface area contributed by atoms with Gasteiger partial charge in [-0.3, -0.25) is 0 Å². The Bertz CT molecular complexity index is 3050. The maximum absolute atomic E-state index is 2.58. The van der Waals surface area contributed by atoms with Crippen LogP contribution in [0.1, 0.15) is 105 Å². The number of hydrogen-bond acceptors (Lipinski definition) is 0. The van der Waals surface area contributed by atoms with Gasteiger partial charge in [0.15, 0.2) is 0 Å². The van der Waals surface area contributed by atoms with E-state index in [1.807, 2.05) is 0 Å². The van der Waals surface area contributed by atoms with E-state index in [1.54, 1.807) is 0 Å². The Morgan fingerprint density at radius 2 is 0.621 bits per heavy atom. The van der Waals surface area contributed by atoms with Crippen molar-refractivity contribution in [3.8, 4) is 22.3 Å². The third-order valence-electron chi connectivity index (χ3n) is 12.8. The monoisotopic (exact) mass is 754 g/mol. The molecule has 0 fully saturated rings. The van der Waals surface area contributed by atoms with Crippen LogP contribution in [0.5, 0.6) is 0 Å². The average molecular weight is 755 g/mol. The molecule has 0 nitrogen and oxygen atoms in total. The number of hydrogen-bond donors (Lipinski definition) is 0. The maximum Gasteiger partial charge on any atom is -0.00201 e. The van der Waals surface area contributed by atoms with Crippen molar-refractivity contribution in [3.63, 3.8) is 0 Å². The summed E-state index contributed by atoms with van der Waals surface area (Å²) in [6.07, 6.45) is 0. The van der Waals surface area contributed by atoms with Gasteiger partial charge in [0.2, 0.25) is 0 Å². The van der Waals surface area contributed by atoms with Crippen molar-refractivity contribution in [3.05, 3.63) is 156 Å². The van der Waals surface area contributed by atoms with Crippen LogP contribution >= 0.6 is 0 Å². The van der Waals surface area contributed by atoms with Gasteiger partial charge in [-0.05, 0) is 143 Å². The Balaban J connectivity index is 1.58. The molecule has 0 aliphatic carbocycles. The zero-order valence-electron chi connectivity index (χ0n) is 36.7. The normalized spacial score (nSPS) is 13.2. The fraction of sp³-hybridized carbons (Fsp3) is 0.276. The lowest BCUT2D eigenvalue weighted by molar-refractivity contribution is 0.568. The number of rotatable bonds is 2.